The number of hydrogen-bond donors (Lipinski definition) is 0. The summed E-state index contributed by atoms with van der Waals surface area (Å²) >= 11 is 0. The van der Waals surface area contributed by atoms with E-state index in [1.54, 1.807) is 6.07 Å². The second-order valence-corrected chi connectivity index (χ2v) is 6.96. The predicted molar refractivity (Wildman–Crippen MR) is 73.4 cm³/mol. The molecular formula is C16H23F3. The Hall–Kier alpha value is -0.990. The van der Waals surface area contributed by atoms with Gasteiger partial charge >= 0.3 is 6.18 Å². The van der Waals surface area contributed by atoms with Crippen LogP contribution in [0.3, 0.4) is 0 Å². The Bertz CT molecular complexity index is 448. The van der Waals surface area contributed by atoms with Crippen molar-refractivity contribution in [2.24, 2.45) is 5.41 Å². The lowest BCUT2D eigenvalue weighted by atomic mass is 9.80. The minimum absolute atomic E-state index is 0.0138. The Balaban J connectivity index is 3.12. The van der Waals surface area contributed by atoms with Gasteiger partial charge in [0.2, 0.25) is 0 Å². The van der Waals surface area contributed by atoms with Crippen molar-refractivity contribution < 1.29 is 13.2 Å². The molecule has 0 amide bonds. The molecular weight excluding hydrogens is 249 g/mol. The first-order valence-corrected chi connectivity index (χ1v) is 6.51. The second-order valence-electron chi connectivity index (χ2n) is 6.96. The first kappa shape index (κ1) is 16.1. The van der Waals surface area contributed by atoms with E-state index in [1.165, 1.54) is 13.8 Å². The third-order valence-corrected chi connectivity index (χ3v) is 3.52. The van der Waals surface area contributed by atoms with Gasteiger partial charge in [0.05, 0.1) is 5.41 Å². The van der Waals surface area contributed by atoms with Crippen LogP contribution in [0, 0.1) is 12.3 Å². The summed E-state index contributed by atoms with van der Waals surface area (Å²) in [5, 5.41) is 0. The van der Waals surface area contributed by atoms with E-state index in [0.717, 1.165) is 16.7 Å². The summed E-state index contributed by atoms with van der Waals surface area (Å²) < 4.78 is 38.8. The van der Waals surface area contributed by atoms with Gasteiger partial charge in [-0.1, -0.05) is 52.8 Å². The van der Waals surface area contributed by atoms with E-state index >= 15 is 0 Å². The Morgan fingerprint density at radius 2 is 1.47 bits per heavy atom. The SMILES string of the molecule is Cc1ccc(CC(C)(C)C(F)(F)F)cc1C(C)(C)C. The Kier molecular flexibility index (Phi) is 4.09. The molecule has 0 aliphatic carbocycles. The average Bonchev–Trinajstić information content (AvgIpc) is 2.17. The quantitative estimate of drug-likeness (QED) is 0.674. The highest BCUT2D eigenvalue weighted by molar-refractivity contribution is 5.36. The monoisotopic (exact) mass is 272 g/mol. The maximum Gasteiger partial charge on any atom is 0.394 e. The molecule has 1 aromatic rings. The van der Waals surface area contributed by atoms with Crippen LogP contribution in [0.4, 0.5) is 13.2 Å². The zero-order chi connectivity index (χ0) is 15.1. The van der Waals surface area contributed by atoms with Crippen LogP contribution in [0.5, 0.6) is 0 Å². The molecule has 0 bridgehead atoms. The lowest BCUT2D eigenvalue weighted by Crippen LogP contribution is -2.34. The highest BCUT2D eigenvalue weighted by atomic mass is 19.4. The molecule has 0 aliphatic heterocycles. The molecule has 0 spiro atoms. The summed E-state index contributed by atoms with van der Waals surface area (Å²) in [5.41, 5.74) is 1.24. The van der Waals surface area contributed by atoms with Crippen molar-refractivity contribution in [3.8, 4) is 0 Å². The maximum atomic E-state index is 12.9. The van der Waals surface area contributed by atoms with Crippen LogP contribution in [0.2, 0.25) is 0 Å². The van der Waals surface area contributed by atoms with Crippen molar-refractivity contribution in [2.45, 2.75) is 59.6 Å². The topological polar surface area (TPSA) is 0 Å². The number of aryl methyl sites for hydroxylation is 1. The molecule has 1 aromatic carbocycles. The molecule has 0 saturated carbocycles. The number of halogens is 3. The summed E-state index contributed by atoms with van der Waals surface area (Å²) in [6.07, 6.45) is -4.17. The van der Waals surface area contributed by atoms with Gasteiger partial charge in [-0.2, -0.15) is 13.2 Å². The molecule has 0 atom stereocenters. The minimum Gasteiger partial charge on any atom is -0.171 e. The van der Waals surface area contributed by atoms with Crippen molar-refractivity contribution in [1.29, 1.82) is 0 Å². The van der Waals surface area contributed by atoms with Gasteiger partial charge in [0.25, 0.3) is 0 Å². The van der Waals surface area contributed by atoms with Crippen molar-refractivity contribution in [1.82, 2.24) is 0 Å². The fraction of sp³-hybridized carbons (Fsp3) is 0.625. The van der Waals surface area contributed by atoms with E-state index in [9.17, 15) is 13.2 Å². The van der Waals surface area contributed by atoms with Crippen LogP contribution in [0.15, 0.2) is 18.2 Å². The van der Waals surface area contributed by atoms with E-state index in [1.807, 2.05) is 19.1 Å². The summed E-state index contributed by atoms with van der Waals surface area (Å²) in [6, 6.07) is 5.64. The van der Waals surface area contributed by atoms with Crippen molar-refractivity contribution in [3.05, 3.63) is 34.9 Å². The fourth-order valence-electron chi connectivity index (χ4n) is 2.20. The molecule has 0 saturated heterocycles. The fourth-order valence-corrected chi connectivity index (χ4v) is 2.20. The number of alkyl halides is 3. The lowest BCUT2D eigenvalue weighted by Gasteiger charge is -2.29. The van der Waals surface area contributed by atoms with E-state index in [0.29, 0.717) is 0 Å². The highest BCUT2D eigenvalue weighted by Crippen LogP contribution is 2.40. The molecule has 108 valence electrons. The molecule has 1 rings (SSSR count). The third-order valence-electron chi connectivity index (χ3n) is 3.52. The smallest absolute Gasteiger partial charge is 0.171 e. The second kappa shape index (κ2) is 4.84. The molecule has 0 fully saturated rings. The van der Waals surface area contributed by atoms with E-state index in [-0.39, 0.29) is 11.8 Å². The molecule has 0 nitrogen and oxygen atoms in total. The molecule has 0 N–H and O–H groups in total. The Morgan fingerprint density at radius 1 is 0.947 bits per heavy atom. The van der Waals surface area contributed by atoms with Gasteiger partial charge in [-0.25, -0.2) is 0 Å². The first-order chi connectivity index (χ1) is 8.34. The molecule has 19 heavy (non-hydrogen) atoms. The summed E-state index contributed by atoms with van der Waals surface area (Å²) in [5.74, 6) is 0. The van der Waals surface area contributed by atoms with Crippen LogP contribution in [-0.2, 0) is 11.8 Å². The lowest BCUT2D eigenvalue weighted by molar-refractivity contribution is -0.211. The van der Waals surface area contributed by atoms with Gasteiger partial charge in [-0.3, -0.25) is 0 Å². The molecule has 3 heteroatoms. The molecule has 0 radical (unpaired) electrons. The summed E-state index contributed by atoms with van der Waals surface area (Å²) in [4.78, 5) is 0. The van der Waals surface area contributed by atoms with Crippen molar-refractivity contribution in [3.63, 3.8) is 0 Å². The zero-order valence-corrected chi connectivity index (χ0v) is 12.6. The van der Waals surface area contributed by atoms with E-state index < -0.39 is 11.6 Å². The molecule has 0 heterocycles. The van der Waals surface area contributed by atoms with Crippen molar-refractivity contribution in [2.75, 3.05) is 0 Å². The van der Waals surface area contributed by atoms with Gasteiger partial charge in [-0.15, -0.1) is 0 Å². The molecule has 0 unspecified atom stereocenters. The largest absolute Gasteiger partial charge is 0.394 e. The van der Waals surface area contributed by atoms with Crippen LogP contribution in [0.25, 0.3) is 0 Å². The van der Waals surface area contributed by atoms with Crippen molar-refractivity contribution >= 4 is 0 Å². The summed E-state index contributed by atoms with van der Waals surface area (Å²) in [6.45, 7) is 10.7. The van der Waals surface area contributed by atoms with Crippen LogP contribution in [-0.4, -0.2) is 6.18 Å². The standard InChI is InChI=1S/C16H23F3/c1-11-7-8-12(9-13(11)14(2,3)4)10-15(5,6)16(17,18)19/h7-9H,10H2,1-6H3. The average molecular weight is 272 g/mol. The first-order valence-electron chi connectivity index (χ1n) is 6.51. The van der Waals surface area contributed by atoms with Crippen LogP contribution in [0.1, 0.15) is 51.3 Å². The molecule has 0 aliphatic rings. The van der Waals surface area contributed by atoms with Gasteiger partial charge < -0.3 is 0 Å². The van der Waals surface area contributed by atoms with E-state index in [4.69, 9.17) is 0 Å². The van der Waals surface area contributed by atoms with Crippen LogP contribution >= 0.6 is 0 Å². The maximum absolute atomic E-state index is 12.9. The van der Waals surface area contributed by atoms with Gasteiger partial charge in [0.15, 0.2) is 0 Å². The minimum atomic E-state index is -4.18. The Labute approximate surface area is 114 Å². The molecule has 0 aromatic heterocycles. The summed E-state index contributed by atoms with van der Waals surface area (Å²) in [7, 11) is 0. The van der Waals surface area contributed by atoms with E-state index in [2.05, 4.69) is 20.8 Å². The van der Waals surface area contributed by atoms with Gasteiger partial charge in [0, 0.05) is 0 Å². The van der Waals surface area contributed by atoms with Gasteiger partial charge in [-0.05, 0) is 35.4 Å². The van der Waals surface area contributed by atoms with Crippen LogP contribution < -0.4 is 0 Å². The highest BCUT2D eigenvalue weighted by Gasteiger charge is 2.47. The number of rotatable bonds is 2. The normalized spacial score (nSPS) is 13.7. The number of hydrogen-bond acceptors (Lipinski definition) is 0. The third kappa shape index (κ3) is 3.74. The number of benzene rings is 1. The van der Waals surface area contributed by atoms with Gasteiger partial charge in [0.1, 0.15) is 0 Å². The Morgan fingerprint density at radius 3 is 1.89 bits per heavy atom. The zero-order valence-electron chi connectivity index (χ0n) is 12.6. The predicted octanol–water partition coefficient (Wildman–Crippen LogP) is 5.42.